The van der Waals surface area contributed by atoms with Crippen molar-refractivity contribution in [2.75, 3.05) is 18.6 Å². The van der Waals surface area contributed by atoms with Gasteiger partial charge in [0.05, 0.1) is 0 Å². The first-order chi connectivity index (χ1) is 17.0. The lowest BCUT2D eigenvalue weighted by Gasteiger charge is -2.35. The summed E-state index contributed by atoms with van der Waals surface area (Å²) in [6, 6.07) is 6.28. The highest BCUT2D eigenvalue weighted by Crippen LogP contribution is 2.25. The molecule has 0 spiro atoms. The highest BCUT2D eigenvalue weighted by Gasteiger charge is 2.36. The summed E-state index contributed by atoms with van der Waals surface area (Å²) in [4.78, 5) is 41.8. The first-order valence-electron chi connectivity index (χ1n) is 13.1. The van der Waals surface area contributed by atoms with Crippen LogP contribution in [0.2, 0.25) is 0 Å². The van der Waals surface area contributed by atoms with Crippen molar-refractivity contribution in [2.45, 2.75) is 104 Å². The van der Waals surface area contributed by atoms with Gasteiger partial charge < -0.3 is 20.3 Å². The third kappa shape index (κ3) is 10.8. The van der Waals surface area contributed by atoms with Crippen LogP contribution in [0.25, 0.3) is 0 Å². The van der Waals surface area contributed by atoms with E-state index in [1.54, 1.807) is 37.4 Å². The Labute approximate surface area is 222 Å². The summed E-state index contributed by atoms with van der Waals surface area (Å²) in [5.41, 5.74) is 1.24. The van der Waals surface area contributed by atoms with Crippen LogP contribution in [0.4, 0.5) is 4.79 Å². The number of nitrogens with one attached hydrogen (secondary N) is 2. The van der Waals surface area contributed by atoms with Crippen molar-refractivity contribution in [3.63, 3.8) is 0 Å². The van der Waals surface area contributed by atoms with Gasteiger partial charge in [-0.2, -0.15) is 11.8 Å². The summed E-state index contributed by atoms with van der Waals surface area (Å²) < 4.78 is 5.43. The van der Waals surface area contributed by atoms with Gasteiger partial charge in [-0.3, -0.25) is 9.59 Å². The van der Waals surface area contributed by atoms with E-state index in [1.165, 1.54) is 0 Å². The Hall–Kier alpha value is -2.22. The smallest absolute Gasteiger partial charge is 0.408 e. The van der Waals surface area contributed by atoms with Gasteiger partial charge in [0.25, 0.3) is 0 Å². The van der Waals surface area contributed by atoms with E-state index in [-0.39, 0.29) is 17.9 Å². The third-order valence-electron chi connectivity index (χ3n) is 5.72. The number of benzene rings is 1. The Kier molecular flexibility index (Phi) is 14.0. The molecule has 1 aromatic carbocycles. The van der Waals surface area contributed by atoms with Crippen LogP contribution in [0, 0.1) is 0 Å². The van der Waals surface area contributed by atoms with E-state index in [0.717, 1.165) is 30.4 Å². The fraction of sp³-hybridized carbons (Fsp3) is 0.679. The van der Waals surface area contributed by atoms with Crippen molar-refractivity contribution in [3.8, 4) is 0 Å². The molecule has 36 heavy (non-hydrogen) atoms. The van der Waals surface area contributed by atoms with Gasteiger partial charge in [-0.05, 0) is 76.5 Å². The Morgan fingerprint density at radius 3 is 2.14 bits per heavy atom. The molecule has 0 bridgehead atoms. The molecule has 2 N–H and O–H groups in total. The number of carbonyl (C=O) groups excluding carboxylic acids is 3. The Balaban J connectivity index is 3.40. The van der Waals surface area contributed by atoms with Crippen molar-refractivity contribution in [1.82, 2.24) is 15.5 Å². The number of carbonyl (C=O) groups is 3. The van der Waals surface area contributed by atoms with Crippen LogP contribution in [-0.2, 0) is 20.7 Å². The second kappa shape index (κ2) is 15.8. The monoisotopic (exact) mass is 521 g/mol. The van der Waals surface area contributed by atoms with Crippen molar-refractivity contribution >= 4 is 29.7 Å². The van der Waals surface area contributed by atoms with Crippen LogP contribution < -0.4 is 10.6 Å². The third-order valence-corrected chi connectivity index (χ3v) is 6.37. The molecule has 1 aromatic rings. The van der Waals surface area contributed by atoms with E-state index in [9.17, 15) is 14.4 Å². The molecule has 1 rings (SSSR count). The molecule has 3 unspecified atom stereocenters. The molecule has 0 saturated carbocycles. The van der Waals surface area contributed by atoms with E-state index in [4.69, 9.17) is 4.74 Å². The van der Waals surface area contributed by atoms with E-state index < -0.39 is 23.8 Å². The fourth-order valence-electron chi connectivity index (χ4n) is 3.99. The van der Waals surface area contributed by atoms with E-state index in [2.05, 4.69) is 24.5 Å². The van der Waals surface area contributed by atoms with Gasteiger partial charge in [0.15, 0.2) is 0 Å². The quantitative estimate of drug-likeness (QED) is 0.338. The number of thioether (sulfide) groups is 1. The molecule has 3 amide bonds. The maximum Gasteiger partial charge on any atom is 0.408 e. The minimum atomic E-state index is -0.794. The number of aryl methyl sites for hydroxylation is 1. The summed E-state index contributed by atoms with van der Waals surface area (Å²) in [5.74, 6) is 0.199. The number of hydrogen-bond acceptors (Lipinski definition) is 5. The van der Waals surface area contributed by atoms with Crippen LogP contribution in [-0.4, -0.2) is 59.0 Å². The zero-order valence-electron chi connectivity index (χ0n) is 23.5. The number of alkyl carbamates (subject to hydrolysis) is 1. The predicted molar refractivity (Wildman–Crippen MR) is 149 cm³/mol. The Morgan fingerprint density at radius 1 is 1.00 bits per heavy atom. The normalized spacial score (nSPS) is 13.9. The molecule has 0 heterocycles. The van der Waals surface area contributed by atoms with Gasteiger partial charge >= 0.3 is 6.09 Å². The highest BCUT2D eigenvalue weighted by molar-refractivity contribution is 7.98. The van der Waals surface area contributed by atoms with Gasteiger partial charge in [-0.15, -0.1) is 0 Å². The molecule has 7 nitrogen and oxygen atoms in total. The van der Waals surface area contributed by atoms with E-state index in [1.807, 2.05) is 44.4 Å². The number of rotatable bonds is 14. The summed E-state index contributed by atoms with van der Waals surface area (Å²) in [5, 5.41) is 5.88. The van der Waals surface area contributed by atoms with E-state index in [0.29, 0.717) is 25.1 Å². The molecule has 0 aliphatic heterocycles. The zero-order valence-corrected chi connectivity index (χ0v) is 24.3. The molecule has 0 radical (unpaired) electrons. The maximum absolute atomic E-state index is 14.0. The SMILES string of the molecule is CCCC(C)NC(=O)C(c1ccc(CC)cc1)N(CCC)C(=O)C(CCSC)NC(=O)OC(C)(C)C. The van der Waals surface area contributed by atoms with Crippen LogP contribution in [0.1, 0.15) is 91.3 Å². The van der Waals surface area contributed by atoms with Gasteiger partial charge in [-0.25, -0.2) is 4.79 Å². The highest BCUT2D eigenvalue weighted by atomic mass is 32.2. The van der Waals surface area contributed by atoms with Gasteiger partial charge in [0, 0.05) is 12.6 Å². The first kappa shape index (κ1) is 31.8. The summed E-state index contributed by atoms with van der Waals surface area (Å²) in [6.07, 6.45) is 5.13. The van der Waals surface area contributed by atoms with Crippen LogP contribution in [0.15, 0.2) is 24.3 Å². The van der Waals surface area contributed by atoms with Crippen molar-refractivity contribution in [2.24, 2.45) is 0 Å². The van der Waals surface area contributed by atoms with Crippen molar-refractivity contribution < 1.29 is 19.1 Å². The lowest BCUT2D eigenvalue weighted by molar-refractivity contribution is -0.142. The molecule has 0 saturated heterocycles. The van der Waals surface area contributed by atoms with Crippen LogP contribution in [0.5, 0.6) is 0 Å². The second-order valence-electron chi connectivity index (χ2n) is 10.2. The Bertz CT molecular complexity index is 823. The zero-order chi connectivity index (χ0) is 27.3. The molecule has 0 aliphatic rings. The van der Waals surface area contributed by atoms with Gasteiger partial charge in [0.1, 0.15) is 17.7 Å². The predicted octanol–water partition coefficient (Wildman–Crippen LogP) is 5.48. The molecular weight excluding hydrogens is 474 g/mol. The molecule has 0 fully saturated rings. The first-order valence-corrected chi connectivity index (χ1v) is 14.5. The molecule has 3 atom stereocenters. The average Bonchev–Trinajstić information content (AvgIpc) is 2.80. The largest absolute Gasteiger partial charge is 0.444 e. The van der Waals surface area contributed by atoms with Gasteiger partial charge in [-0.1, -0.05) is 51.5 Å². The van der Waals surface area contributed by atoms with E-state index >= 15 is 0 Å². The molecular formula is C28H47N3O4S. The number of ether oxygens (including phenoxy) is 1. The topological polar surface area (TPSA) is 87.7 Å². The summed E-state index contributed by atoms with van der Waals surface area (Å²) >= 11 is 1.60. The van der Waals surface area contributed by atoms with Gasteiger partial charge in [0.2, 0.25) is 11.8 Å². The number of nitrogens with zero attached hydrogens (tertiary/aromatic N) is 1. The fourth-order valence-corrected chi connectivity index (χ4v) is 4.46. The number of amides is 3. The summed E-state index contributed by atoms with van der Waals surface area (Å²) in [6.45, 7) is 13.9. The molecule has 204 valence electrons. The lowest BCUT2D eigenvalue weighted by atomic mass is 9.99. The minimum Gasteiger partial charge on any atom is -0.444 e. The minimum absolute atomic E-state index is 0.00864. The molecule has 8 heteroatoms. The molecule has 0 aromatic heterocycles. The number of hydrogen-bond donors (Lipinski definition) is 2. The van der Waals surface area contributed by atoms with Crippen LogP contribution >= 0.6 is 11.8 Å². The lowest BCUT2D eigenvalue weighted by Crippen LogP contribution is -2.54. The molecule has 0 aliphatic carbocycles. The maximum atomic E-state index is 14.0. The van der Waals surface area contributed by atoms with Crippen molar-refractivity contribution in [3.05, 3.63) is 35.4 Å². The second-order valence-corrected chi connectivity index (χ2v) is 11.2. The Morgan fingerprint density at radius 2 is 1.64 bits per heavy atom. The summed E-state index contributed by atoms with van der Waals surface area (Å²) in [7, 11) is 0. The average molecular weight is 522 g/mol. The van der Waals surface area contributed by atoms with Crippen molar-refractivity contribution in [1.29, 1.82) is 0 Å². The van der Waals surface area contributed by atoms with Crippen LogP contribution in [0.3, 0.4) is 0 Å². The standard InChI is InChI=1S/C28H47N3O4S/c1-9-12-20(4)29-25(32)24(22-15-13-21(11-3)14-16-22)31(18-10-2)26(33)23(17-19-36-8)30-27(34)35-28(5,6)7/h13-16,20,23-24H,9-12,17-19H2,1-8H3,(H,29,32)(H,30,34).